The van der Waals surface area contributed by atoms with E-state index in [0.29, 0.717) is 0 Å². The second-order valence-corrected chi connectivity index (χ2v) is 5.50. The maximum Gasteiger partial charge on any atom is 0.138 e. The number of aromatic amines is 1. The van der Waals surface area contributed by atoms with Crippen LogP contribution < -0.4 is 0 Å². The molecule has 3 nitrogen and oxygen atoms in total. The Balaban J connectivity index is 1.72. The van der Waals surface area contributed by atoms with Gasteiger partial charge in [-0.15, -0.1) is 0 Å². The number of halogens is 1. The number of aromatic nitrogens is 3. The Morgan fingerprint density at radius 1 is 0.864 bits per heavy atom. The van der Waals surface area contributed by atoms with Gasteiger partial charge in [-0.1, -0.05) is 48.0 Å². The molecule has 4 rings (SSSR count). The average Bonchev–Trinajstić information content (AvgIpc) is 2.99. The summed E-state index contributed by atoms with van der Waals surface area (Å²) in [5.41, 5.74) is 5.14. The fraction of sp³-hybridized carbons (Fsp3) is 0. The highest BCUT2D eigenvalue weighted by Crippen LogP contribution is 2.26. The molecule has 106 valence electrons. The van der Waals surface area contributed by atoms with Gasteiger partial charge in [0.25, 0.3) is 0 Å². The van der Waals surface area contributed by atoms with Crippen LogP contribution in [-0.2, 0) is 0 Å². The minimum Gasteiger partial charge on any atom is -0.337 e. The molecule has 0 bridgehead atoms. The first kappa shape index (κ1) is 13.0. The summed E-state index contributed by atoms with van der Waals surface area (Å²) < 4.78 is 0. The number of imidazole rings is 1. The summed E-state index contributed by atoms with van der Waals surface area (Å²) >= 11 is 6.05. The first-order chi connectivity index (χ1) is 10.8. The first-order valence-corrected chi connectivity index (χ1v) is 7.33. The Morgan fingerprint density at radius 3 is 2.45 bits per heavy atom. The Morgan fingerprint density at radius 2 is 1.68 bits per heavy atom. The van der Waals surface area contributed by atoms with E-state index in [9.17, 15) is 0 Å². The lowest BCUT2D eigenvalue weighted by Crippen LogP contribution is -1.82. The highest BCUT2D eigenvalue weighted by molar-refractivity contribution is 6.30. The molecule has 0 aliphatic rings. The van der Waals surface area contributed by atoms with E-state index < -0.39 is 0 Å². The van der Waals surface area contributed by atoms with E-state index in [1.807, 2.05) is 30.3 Å². The molecule has 4 aromatic rings. The summed E-state index contributed by atoms with van der Waals surface area (Å²) in [7, 11) is 0. The van der Waals surface area contributed by atoms with Crippen LogP contribution >= 0.6 is 11.6 Å². The van der Waals surface area contributed by atoms with Crippen LogP contribution in [0.1, 0.15) is 0 Å². The first-order valence-electron chi connectivity index (χ1n) is 6.96. The van der Waals surface area contributed by atoms with E-state index in [1.54, 1.807) is 12.4 Å². The third-order valence-corrected chi connectivity index (χ3v) is 3.83. The van der Waals surface area contributed by atoms with Crippen LogP contribution in [0.2, 0.25) is 5.02 Å². The summed E-state index contributed by atoms with van der Waals surface area (Å²) in [5.74, 6) is 0.848. The van der Waals surface area contributed by atoms with Crippen molar-refractivity contribution in [3.05, 3.63) is 72.0 Å². The van der Waals surface area contributed by atoms with Gasteiger partial charge < -0.3 is 4.98 Å². The normalized spacial score (nSPS) is 11.0. The summed E-state index contributed by atoms with van der Waals surface area (Å²) in [4.78, 5) is 12.0. The maximum absolute atomic E-state index is 6.05. The lowest BCUT2D eigenvalue weighted by molar-refractivity contribution is 1.33. The quantitative estimate of drug-likeness (QED) is 0.569. The van der Waals surface area contributed by atoms with Gasteiger partial charge in [-0.2, -0.15) is 0 Å². The Bertz CT molecular complexity index is 909. The molecular formula is C18H12ClN3. The summed E-state index contributed by atoms with van der Waals surface area (Å²) in [6, 6.07) is 18.0. The third kappa shape index (κ3) is 2.36. The molecule has 4 heteroatoms. The average molecular weight is 306 g/mol. The standard InChI is InChI=1S/C18H12ClN3/c19-15-3-1-2-14(10-15)12-4-6-13(7-5-12)18-21-16-8-9-20-11-17(16)22-18/h1-11H,(H,21,22). The van der Waals surface area contributed by atoms with Gasteiger partial charge in [0.15, 0.2) is 0 Å². The minimum atomic E-state index is 0.742. The van der Waals surface area contributed by atoms with Crippen LogP contribution in [-0.4, -0.2) is 15.0 Å². The lowest BCUT2D eigenvalue weighted by atomic mass is 10.0. The molecule has 2 aromatic carbocycles. The van der Waals surface area contributed by atoms with Crippen molar-refractivity contribution in [2.24, 2.45) is 0 Å². The van der Waals surface area contributed by atoms with Gasteiger partial charge in [0.2, 0.25) is 0 Å². The molecule has 0 fully saturated rings. The van der Waals surface area contributed by atoms with E-state index in [1.165, 1.54) is 0 Å². The molecule has 2 aromatic heterocycles. The molecule has 0 radical (unpaired) electrons. The van der Waals surface area contributed by atoms with Crippen LogP contribution in [0.4, 0.5) is 0 Å². The van der Waals surface area contributed by atoms with Crippen molar-refractivity contribution in [2.45, 2.75) is 0 Å². The fourth-order valence-electron chi connectivity index (χ4n) is 2.48. The van der Waals surface area contributed by atoms with Crippen molar-refractivity contribution in [3.8, 4) is 22.5 Å². The van der Waals surface area contributed by atoms with Crippen LogP contribution in [0.3, 0.4) is 0 Å². The molecule has 1 N–H and O–H groups in total. The molecular weight excluding hydrogens is 294 g/mol. The number of nitrogens with one attached hydrogen (secondary N) is 1. The van der Waals surface area contributed by atoms with Crippen molar-refractivity contribution in [2.75, 3.05) is 0 Å². The van der Waals surface area contributed by atoms with Crippen molar-refractivity contribution in [1.82, 2.24) is 15.0 Å². The van der Waals surface area contributed by atoms with Gasteiger partial charge in [-0.05, 0) is 29.3 Å². The molecule has 2 heterocycles. The number of nitrogens with zero attached hydrogens (tertiary/aromatic N) is 2. The molecule has 0 spiro atoms. The van der Waals surface area contributed by atoms with Gasteiger partial charge in [-0.3, -0.25) is 4.98 Å². The largest absolute Gasteiger partial charge is 0.337 e. The van der Waals surface area contributed by atoms with E-state index >= 15 is 0 Å². The topological polar surface area (TPSA) is 41.6 Å². The van der Waals surface area contributed by atoms with Gasteiger partial charge >= 0.3 is 0 Å². The third-order valence-electron chi connectivity index (χ3n) is 3.60. The van der Waals surface area contributed by atoms with Crippen molar-refractivity contribution < 1.29 is 0 Å². The molecule has 0 aliphatic heterocycles. The van der Waals surface area contributed by atoms with E-state index in [0.717, 1.165) is 38.6 Å². The highest BCUT2D eigenvalue weighted by Gasteiger charge is 2.05. The van der Waals surface area contributed by atoms with Crippen LogP contribution in [0.25, 0.3) is 33.5 Å². The van der Waals surface area contributed by atoms with Crippen LogP contribution in [0, 0.1) is 0 Å². The van der Waals surface area contributed by atoms with Crippen LogP contribution in [0.15, 0.2) is 67.0 Å². The number of fused-ring (bicyclic) bond motifs is 1. The highest BCUT2D eigenvalue weighted by atomic mass is 35.5. The van der Waals surface area contributed by atoms with Gasteiger partial charge in [-0.25, -0.2) is 4.98 Å². The second-order valence-electron chi connectivity index (χ2n) is 5.07. The monoisotopic (exact) mass is 305 g/mol. The van der Waals surface area contributed by atoms with E-state index in [2.05, 4.69) is 39.2 Å². The molecule has 0 atom stereocenters. The molecule has 0 saturated carbocycles. The predicted octanol–water partition coefficient (Wildman–Crippen LogP) is 4.95. The number of rotatable bonds is 2. The minimum absolute atomic E-state index is 0.742. The number of H-pyrrole nitrogens is 1. The Labute approximate surface area is 132 Å². The molecule has 0 saturated heterocycles. The van der Waals surface area contributed by atoms with Crippen LogP contribution in [0.5, 0.6) is 0 Å². The summed E-state index contributed by atoms with van der Waals surface area (Å²) in [6.45, 7) is 0. The smallest absolute Gasteiger partial charge is 0.138 e. The molecule has 22 heavy (non-hydrogen) atoms. The summed E-state index contributed by atoms with van der Waals surface area (Å²) in [6.07, 6.45) is 3.53. The molecule has 0 unspecified atom stereocenters. The predicted molar refractivity (Wildman–Crippen MR) is 89.8 cm³/mol. The van der Waals surface area contributed by atoms with Crippen molar-refractivity contribution in [3.63, 3.8) is 0 Å². The zero-order valence-corrected chi connectivity index (χ0v) is 12.4. The lowest BCUT2D eigenvalue weighted by Gasteiger charge is -2.03. The SMILES string of the molecule is Clc1cccc(-c2ccc(-c3nc4ccncc4[nH]3)cc2)c1. The maximum atomic E-state index is 6.05. The van der Waals surface area contributed by atoms with Crippen molar-refractivity contribution >= 4 is 22.6 Å². The number of pyridine rings is 1. The molecule has 0 aliphatic carbocycles. The fourth-order valence-corrected chi connectivity index (χ4v) is 2.67. The second kappa shape index (κ2) is 5.28. The number of benzene rings is 2. The Kier molecular flexibility index (Phi) is 3.13. The summed E-state index contributed by atoms with van der Waals surface area (Å²) in [5, 5.41) is 0.742. The zero-order chi connectivity index (χ0) is 14.9. The molecule has 0 amide bonds. The van der Waals surface area contributed by atoms with Crippen molar-refractivity contribution in [1.29, 1.82) is 0 Å². The van der Waals surface area contributed by atoms with Gasteiger partial charge in [0, 0.05) is 16.8 Å². The zero-order valence-electron chi connectivity index (χ0n) is 11.6. The van der Waals surface area contributed by atoms with E-state index in [-0.39, 0.29) is 0 Å². The van der Waals surface area contributed by atoms with Gasteiger partial charge in [0.1, 0.15) is 5.82 Å². The Hall–Kier alpha value is -2.65. The number of hydrogen-bond acceptors (Lipinski definition) is 2. The number of hydrogen-bond donors (Lipinski definition) is 1. The van der Waals surface area contributed by atoms with Gasteiger partial charge in [0.05, 0.1) is 17.2 Å². The van der Waals surface area contributed by atoms with E-state index in [4.69, 9.17) is 11.6 Å².